The van der Waals surface area contributed by atoms with Gasteiger partial charge in [0.15, 0.2) is 0 Å². The fraction of sp³-hybridized carbons (Fsp3) is 0.125. The van der Waals surface area contributed by atoms with Gasteiger partial charge in [0.25, 0.3) is 0 Å². The largest absolute Gasteiger partial charge is 0.488 e. The van der Waals surface area contributed by atoms with E-state index in [9.17, 15) is 4.79 Å². The number of carbonyl (C=O) groups excluding carboxylic acids is 1. The van der Waals surface area contributed by atoms with Crippen molar-refractivity contribution in [3.8, 4) is 0 Å². The van der Waals surface area contributed by atoms with Crippen LogP contribution in [-0.4, -0.2) is 23.1 Å². The molecule has 2 rings (SSSR count). The van der Waals surface area contributed by atoms with Gasteiger partial charge in [0, 0.05) is 5.69 Å². The fourth-order valence-corrected chi connectivity index (χ4v) is 1.52. The molecule has 13 heavy (non-hydrogen) atoms. The van der Waals surface area contributed by atoms with Crippen molar-refractivity contribution in [3.05, 3.63) is 23.8 Å². The average molecular weight is 177 g/mol. The van der Waals surface area contributed by atoms with Gasteiger partial charge in [-0.25, -0.2) is 0 Å². The summed E-state index contributed by atoms with van der Waals surface area (Å²) in [5.41, 5.74) is 1.76. The van der Waals surface area contributed by atoms with E-state index in [0.29, 0.717) is 16.7 Å². The van der Waals surface area contributed by atoms with Crippen LogP contribution in [0.15, 0.2) is 18.2 Å². The van der Waals surface area contributed by atoms with Crippen LogP contribution in [0, 0.1) is 0 Å². The van der Waals surface area contributed by atoms with Gasteiger partial charge in [0.05, 0.1) is 6.42 Å². The van der Waals surface area contributed by atoms with E-state index in [1.54, 1.807) is 18.2 Å². The first-order valence-electron chi connectivity index (χ1n) is 3.96. The van der Waals surface area contributed by atoms with Crippen molar-refractivity contribution in [2.24, 2.45) is 0 Å². The smallest absolute Gasteiger partial charge is 0.423 e. The molecule has 0 bridgehead atoms. The van der Waals surface area contributed by atoms with E-state index >= 15 is 0 Å². The predicted molar refractivity (Wildman–Crippen MR) is 48.6 cm³/mol. The zero-order valence-corrected chi connectivity index (χ0v) is 6.82. The Labute approximate surface area is 75.3 Å². The van der Waals surface area contributed by atoms with E-state index in [0.717, 1.165) is 0 Å². The maximum atomic E-state index is 11.0. The van der Waals surface area contributed by atoms with Crippen molar-refractivity contribution in [1.29, 1.82) is 0 Å². The number of hydrogen-bond donors (Lipinski definition) is 3. The molecule has 1 aromatic carbocycles. The Balaban J connectivity index is 2.51. The SMILES string of the molecule is O=C1Cc2c(cccc2B(O)O)N1. The number of benzene rings is 1. The van der Waals surface area contributed by atoms with Crippen LogP contribution >= 0.6 is 0 Å². The van der Waals surface area contributed by atoms with Gasteiger partial charge in [0.2, 0.25) is 5.91 Å². The maximum absolute atomic E-state index is 11.0. The lowest BCUT2D eigenvalue weighted by molar-refractivity contribution is -0.115. The molecular formula is C8H8BNO3. The van der Waals surface area contributed by atoms with Gasteiger partial charge in [-0.1, -0.05) is 12.1 Å². The van der Waals surface area contributed by atoms with Gasteiger partial charge < -0.3 is 15.4 Å². The van der Waals surface area contributed by atoms with Gasteiger partial charge in [0.1, 0.15) is 0 Å². The monoisotopic (exact) mass is 177 g/mol. The summed E-state index contributed by atoms with van der Waals surface area (Å²) in [6.45, 7) is 0. The molecule has 0 unspecified atom stereocenters. The van der Waals surface area contributed by atoms with Gasteiger partial charge in [-0.2, -0.15) is 0 Å². The molecule has 0 spiro atoms. The van der Waals surface area contributed by atoms with Crippen LogP contribution < -0.4 is 10.8 Å². The van der Waals surface area contributed by atoms with Crippen LogP contribution in [0.3, 0.4) is 0 Å². The summed E-state index contributed by atoms with van der Waals surface area (Å²) in [6.07, 6.45) is 0.225. The van der Waals surface area contributed by atoms with E-state index in [4.69, 9.17) is 10.0 Å². The number of rotatable bonds is 1. The first-order chi connectivity index (χ1) is 6.18. The zero-order chi connectivity index (χ0) is 9.42. The molecule has 0 aliphatic carbocycles. The van der Waals surface area contributed by atoms with E-state index in [1.807, 2.05) is 0 Å². The highest BCUT2D eigenvalue weighted by molar-refractivity contribution is 6.59. The van der Waals surface area contributed by atoms with Gasteiger partial charge in [-0.3, -0.25) is 4.79 Å². The van der Waals surface area contributed by atoms with Crippen LogP contribution in [0.5, 0.6) is 0 Å². The summed E-state index contributed by atoms with van der Waals surface area (Å²) in [7, 11) is -1.51. The molecule has 0 radical (unpaired) electrons. The summed E-state index contributed by atoms with van der Waals surface area (Å²) in [6, 6.07) is 5.02. The summed E-state index contributed by atoms with van der Waals surface area (Å²) < 4.78 is 0. The average Bonchev–Trinajstić information content (AvgIpc) is 2.43. The summed E-state index contributed by atoms with van der Waals surface area (Å²) in [5, 5.41) is 20.6. The third-order valence-corrected chi connectivity index (χ3v) is 2.10. The molecule has 0 fully saturated rings. The van der Waals surface area contributed by atoms with E-state index < -0.39 is 7.12 Å². The second kappa shape index (κ2) is 2.87. The van der Waals surface area contributed by atoms with Gasteiger partial charge in [-0.05, 0) is 17.1 Å². The zero-order valence-electron chi connectivity index (χ0n) is 6.82. The third-order valence-electron chi connectivity index (χ3n) is 2.10. The van der Waals surface area contributed by atoms with Crippen molar-refractivity contribution < 1.29 is 14.8 Å². The highest BCUT2D eigenvalue weighted by Gasteiger charge is 2.25. The molecule has 3 N–H and O–H groups in total. The number of carbonyl (C=O) groups is 1. The van der Waals surface area contributed by atoms with Crippen LogP contribution in [0.1, 0.15) is 5.56 Å². The second-order valence-electron chi connectivity index (χ2n) is 2.97. The summed E-state index contributed by atoms with van der Waals surface area (Å²) in [5.74, 6) is -0.108. The molecule has 1 aromatic rings. The van der Waals surface area contributed by atoms with Crippen LogP contribution in [0.25, 0.3) is 0 Å². The Morgan fingerprint density at radius 2 is 2.15 bits per heavy atom. The molecule has 1 amide bonds. The Morgan fingerprint density at radius 1 is 1.38 bits per heavy atom. The minimum Gasteiger partial charge on any atom is -0.423 e. The molecule has 4 nitrogen and oxygen atoms in total. The number of nitrogens with one attached hydrogen (secondary N) is 1. The summed E-state index contributed by atoms with van der Waals surface area (Å²) >= 11 is 0. The van der Waals surface area contributed by atoms with Crippen molar-refractivity contribution >= 4 is 24.2 Å². The van der Waals surface area contributed by atoms with E-state index in [1.165, 1.54) is 0 Å². The summed E-state index contributed by atoms with van der Waals surface area (Å²) in [4.78, 5) is 11.0. The highest BCUT2D eigenvalue weighted by atomic mass is 16.4. The van der Waals surface area contributed by atoms with Gasteiger partial charge >= 0.3 is 7.12 Å². The maximum Gasteiger partial charge on any atom is 0.488 e. The Bertz CT molecular complexity index is 364. The van der Waals surface area contributed by atoms with Crippen LogP contribution in [0.4, 0.5) is 5.69 Å². The lowest BCUT2D eigenvalue weighted by atomic mass is 9.76. The molecule has 0 saturated heterocycles. The molecule has 1 heterocycles. The van der Waals surface area contributed by atoms with Crippen LogP contribution in [0.2, 0.25) is 0 Å². The van der Waals surface area contributed by atoms with Crippen molar-refractivity contribution in [2.45, 2.75) is 6.42 Å². The highest BCUT2D eigenvalue weighted by Crippen LogP contribution is 2.20. The molecule has 0 saturated carbocycles. The van der Waals surface area contributed by atoms with Crippen molar-refractivity contribution in [3.63, 3.8) is 0 Å². The first-order valence-corrected chi connectivity index (χ1v) is 3.96. The number of anilines is 1. The minimum atomic E-state index is -1.51. The predicted octanol–water partition coefficient (Wildman–Crippen LogP) is -1.14. The molecular weight excluding hydrogens is 169 g/mol. The number of fused-ring (bicyclic) bond motifs is 1. The quantitative estimate of drug-likeness (QED) is 0.475. The molecule has 1 aliphatic heterocycles. The fourth-order valence-electron chi connectivity index (χ4n) is 1.52. The molecule has 0 atom stereocenters. The van der Waals surface area contributed by atoms with E-state index in [-0.39, 0.29) is 12.3 Å². The molecule has 1 aliphatic rings. The normalized spacial score (nSPS) is 13.8. The minimum absolute atomic E-state index is 0.108. The molecule has 66 valence electrons. The second-order valence-corrected chi connectivity index (χ2v) is 2.97. The number of hydrogen-bond acceptors (Lipinski definition) is 3. The Kier molecular flexibility index (Phi) is 1.83. The molecule has 0 aromatic heterocycles. The Morgan fingerprint density at radius 3 is 2.85 bits per heavy atom. The Hall–Kier alpha value is -1.33. The first kappa shape index (κ1) is 8.28. The van der Waals surface area contributed by atoms with Crippen molar-refractivity contribution in [2.75, 3.05) is 5.32 Å². The lowest BCUT2D eigenvalue weighted by Crippen LogP contribution is -2.32. The third kappa shape index (κ3) is 1.32. The standard InChI is InChI=1S/C8H8BNO3/c11-8-4-5-6(9(12)13)2-1-3-7(5)10-8/h1-3,12-13H,4H2,(H,10,11). The topological polar surface area (TPSA) is 69.6 Å². The van der Waals surface area contributed by atoms with Crippen molar-refractivity contribution in [1.82, 2.24) is 0 Å². The molecule has 5 heteroatoms. The lowest BCUT2D eigenvalue weighted by Gasteiger charge is -2.04. The number of amides is 1. The van der Waals surface area contributed by atoms with Gasteiger partial charge in [-0.15, -0.1) is 0 Å². The van der Waals surface area contributed by atoms with E-state index in [2.05, 4.69) is 5.32 Å². The van der Waals surface area contributed by atoms with Crippen LogP contribution in [-0.2, 0) is 11.2 Å².